The van der Waals surface area contributed by atoms with Crippen molar-refractivity contribution in [3.8, 4) is 0 Å². The van der Waals surface area contributed by atoms with Crippen LogP contribution in [0.25, 0.3) is 0 Å². The van der Waals surface area contributed by atoms with Crippen molar-refractivity contribution in [1.82, 2.24) is 4.90 Å². The molecule has 1 saturated carbocycles. The number of hydrogen-bond acceptors (Lipinski definition) is 2. The Hall–Kier alpha value is -0.860. The SMILES string of the molecule is CN(CCO)CC1CC1c1ccccc1. The number of nitrogens with zero attached hydrogens (tertiary/aromatic N) is 1. The molecule has 2 heteroatoms. The molecule has 0 bridgehead atoms. The van der Waals surface area contributed by atoms with E-state index in [1.165, 1.54) is 12.0 Å². The highest BCUT2D eigenvalue weighted by Gasteiger charge is 2.38. The number of rotatable bonds is 5. The standard InChI is InChI=1S/C13H19NO/c1-14(7-8-15)10-12-9-13(12)11-5-3-2-4-6-11/h2-6,12-13,15H,7-10H2,1H3. The van der Waals surface area contributed by atoms with Crippen LogP contribution in [0, 0.1) is 5.92 Å². The van der Waals surface area contributed by atoms with E-state index in [1.54, 1.807) is 0 Å². The van der Waals surface area contributed by atoms with Crippen LogP contribution in [0.1, 0.15) is 17.9 Å². The average molecular weight is 205 g/mol. The maximum Gasteiger partial charge on any atom is 0.0558 e. The maximum atomic E-state index is 8.81. The van der Waals surface area contributed by atoms with E-state index in [4.69, 9.17) is 5.11 Å². The van der Waals surface area contributed by atoms with Gasteiger partial charge in [0.25, 0.3) is 0 Å². The first-order chi connectivity index (χ1) is 7.31. The molecule has 1 aliphatic rings. The van der Waals surface area contributed by atoms with Gasteiger partial charge in [-0.3, -0.25) is 0 Å². The third-order valence-electron chi connectivity index (χ3n) is 3.18. The van der Waals surface area contributed by atoms with Gasteiger partial charge in [0.15, 0.2) is 0 Å². The molecule has 15 heavy (non-hydrogen) atoms. The summed E-state index contributed by atoms with van der Waals surface area (Å²) in [5.41, 5.74) is 1.47. The molecule has 0 radical (unpaired) electrons. The molecule has 0 saturated heterocycles. The first-order valence-corrected chi connectivity index (χ1v) is 5.65. The minimum atomic E-state index is 0.263. The number of benzene rings is 1. The molecule has 2 atom stereocenters. The fourth-order valence-corrected chi connectivity index (χ4v) is 2.22. The predicted molar refractivity (Wildman–Crippen MR) is 61.9 cm³/mol. The van der Waals surface area contributed by atoms with E-state index in [-0.39, 0.29) is 6.61 Å². The maximum absolute atomic E-state index is 8.81. The zero-order chi connectivity index (χ0) is 10.7. The predicted octanol–water partition coefficient (Wildman–Crippen LogP) is 1.71. The van der Waals surface area contributed by atoms with Crippen LogP contribution in [0.4, 0.5) is 0 Å². The Morgan fingerprint density at radius 2 is 2.07 bits per heavy atom. The first-order valence-electron chi connectivity index (χ1n) is 5.65. The van der Waals surface area contributed by atoms with Crippen LogP contribution in [0.5, 0.6) is 0 Å². The van der Waals surface area contributed by atoms with Gasteiger partial charge in [0.1, 0.15) is 0 Å². The fraction of sp³-hybridized carbons (Fsp3) is 0.538. The number of aliphatic hydroxyl groups excluding tert-OH is 1. The molecule has 1 aromatic carbocycles. The summed E-state index contributed by atoms with van der Waals surface area (Å²) in [5.74, 6) is 1.55. The second-order valence-corrected chi connectivity index (χ2v) is 4.50. The van der Waals surface area contributed by atoms with Gasteiger partial charge in [-0.1, -0.05) is 30.3 Å². The molecule has 1 aliphatic carbocycles. The Bertz CT molecular complexity index is 299. The van der Waals surface area contributed by atoms with Crippen molar-refractivity contribution in [3.63, 3.8) is 0 Å². The van der Waals surface area contributed by atoms with Crippen LogP contribution in [-0.2, 0) is 0 Å². The summed E-state index contributed by atoms with van der Waals surface area (Å²) in [6, 6.07) is 10.7. The Balaban J connectivity index is 1.81. The van der Waals surface area contributed by atoms with Crippen LogP contribution < -0.4 is 0 Å². The van der Waals surface area contributed by atoms with Gasteiger partial charge < -0.3 is 10.0 Å². The molecule has 1 fully saturated rings. The highest BCUT2D eigenvalue weighted by atomic mass is 16.3. The summed E-state index contributed by atoms with van der Waals surface area (Å²) < 4.78 is 0. The third-order valence-corrected chi connectivity index (χ3v) is 3.18. The largest absolute Gasteiger partial charge is 0.395 e. The van der Waals surface area contributed by atoms with E-state index in [2.05, 4.69) is 42.3 Å². The van der Waals surface area contributed by atoms with Crippen molar-refractivity contribution in [2.75, 3.05) is 26.7 Å². The fourth-order valence-electron chi connectivity index (χ4n) is 2.22. The lowest BCUT2D eigenvalue weighted by Crippen LogP contribution is -2.24. The lowest BCUT2D eigenvalue weighted by atomic mass is 10.1. The van der Waals surface area contributed by atoms with Gasteiger partial charge in [-0.25, -0.2) is 0 Å². The molecule has 0 aromatic heterocycles. The van der Waals surface area contributed by atoms with Crippen LogP contribution in [0.2, 0.25) is 0 Å². The number of likely N-dealkylation sites (N-methyl/N-ethyl adjacent to an activating group) is 1. The first kappa shape index (κ1) is 10.7. The molecule has 1 N–H and O–H groups in total. The van der Waals surface area contributed by atoms with Crippen LogP contribution in [0.15, 0.2) is 30.3 Å². The zero-order valence-electron chi connectivity index (χ0n) is 9.26. The summed E-state index contributed by atoms with van der Waals surface area (Å²) in [6.45, 7) is 2.16. The Kier molecular flexibility index (Phi) is 3.39. The van der Waals surface area contributed by atoms with E-state index in [0.29, 0.717) is 0 Å². The van der Waals surface area contributed by atoms with Crippen molar-refractivity contribution >= 4 is 0 Å². The highest BCUT2D eigenvalue weighted by molar-refractivity contribution is 5.25. The zero-order valence-corrected chi connectivity index (χ0v) is 9.26. The second kappa shape index (κ2) is 4.77. The number of aliphatic hydroxyl groups is 1. The molecule has 2 rings (SSSR count). The van der Waals surface area contributed by atoms with E-state index >= 15 is 0 Å². The Morgan fingerprint density at radius 3 is 2.73 bits per heavy atom. The van der Waals surface area contributed by atoms with E-state index in [0.717, 1.165) is 24.9 Å². The molecular formula is C13H19NO. The lowest BCUT2D eigenvalue weighted by Gasteiger charge is -2.14. The van der Waals surface area contributed by atoms with Gasteiger partial charge in [-0.15, -0.1) is 0 Å². The van der Waals surface area contributed by atoms with Crippen LogP contribution in [0.3, 0.4) is 0 Å². The molecule has 0 aliphatic heterocycles. The Morgan fingerprint density at radius 1 is 1.33 bits per heavy atom. The topological polar surface area (TPSA) is 23.5 Å². The minimum absolute atomic E-state index is 0.263. The van der Waals surface area contributed by atoms with Crippen LogP contribution >= 0.6 is 0 Å². The van der Waals surface area contributed by atoms with Gasteiger partial charge >= 0.3 is 0 Å². The molecule has 82 valence electrons. The van der Waals surface area contributed by atoms with Gasteiger partial charge in [0.2, 0.25) is 0 Å². The number of hydrogen-bond donors (Lipinski definition) is 1. The summed E-state index contributed by atoms with van der Waals surface area (Å²) in [4.78, 5) is 2.22. The van der Waals surface area contributed by atoms with E-state index in [9.17, 15) is 0 Å². The highest BCUT2D eigenvalue weighted by Crippen LogP contribution is 2.47. The van der Waals surface area contributed by atoms with Crippen molar-refractivity contribution in [2.24, 2.45) is 5.92 Å². The van der Waals surface area contributed by atoms with Gasteiger partial charge in [0, 0.05) is 13.1 Å². The lowest BCUT2D eigenvalue weighted by molar-refractivity contribution is 0.216. The van der Waals surface area contributed by atoms with Crippen molar-refractivity contribution in [3.05, 3.63) is 35.9 Å². The van der Waals surface area contributed by atoms with Crippen molar-refractivity contribution < 1.29 is 5.11 Å². The minimum Gasteiger partial charge on any atom is -0.395 e. The second-order valence-electron chi connectivity index (χ2n) is 4.50. The molecule has 2 nitrogen and oxygen atoms in total. The summed E-state index contributed by atoms with van der Waals surface area (Å²) >= 11 is 0. The molecule has 2 unspecified atom stereocenters. The van der Waals surface area contributed by atoms with Gasteiger partial charge in [-0.05, 0) is 30.9 Å². The monoisotopic (exact) mass is 205 g/mol. The quantitative estimate of drug-likeness (QED) is 0.791. The van der Waals surface area contributed by atoms with E-state index in [1.807, 2.05) is 0 Å². The third kappa shape index (κ3) is 2.80. The molecule has 0 amide bonds. The van der Waals surface area contributed by atoms with Gasteiger partial charge in [0.05, 0.1) is 6.61 Å². The molecular weight excluding hydrogens is 186 g/mol. The Labute approximate surface area is 91.5 Å². The van der Waals surface area contributed by atoms with Crippen molar-refractivity contribution in [2.45, 2.75) is 12.3 Å². The van der Waals surface area contributed by atoms with Gasteiger partial charge in [-0.2, -0.15) is 0 Å². The molecule has 0 spiro atoms. The summed E-state index contributed by atoms with van der Waals surface area (Å²) in [6.07, 6.45) is 1.31. The average Bonchev–Trinajstić information content (AvgIpc) is 2.99. The molecule has 0 heterocycles. The van der Waals surface area contributed by atoms with Crippen molar-refractivity contribution in [1.29, 1.82) is 0 Å². The summed E-state index contributed by atoms with van der Waals surface area (Å²) in [5, 5.41) is 8.81. The molecule has 1 aromatic rings. The normalized spacial score (nSPS) is 24.5. The van der Waals surface area contributed by atoms with E-state index < -0.39 is 0 Å². The summed E-state index contributed by atoms with van der Waals surface area (Å²) in [7, 11) is 2.08. The smallest absolute Gasteiger partial charge is 0.0558 e. The van der Waals surface area contributed by atoms with Crippen LogP contribution in [-0.4, -0.2) is 36.8 Å².